The average Bonchev–Trinajstić information content (AvgIpc) is 2.51. The molecule has 0 radical (unpaired) electrons. The van der Waals surface area contributed by atoms with Crippen LogP contribution in [0.2, 0.25) is 0 Å². The molecular weight excluding hydrogens is 327 g/mol. The van der Waals surface area contributed by atoms with E-state index in [1.807, 2.05) is 6.92 Å². The Hall–Kier alpha value is -2.45. The molecule has 0 aliphatic rings. The third-order valence-corrected chi connectivity index (χ3v) is 2.84. The molecule has 0 atom stereocenters. The van der Waals surface area contributed by atoms with Gasteiger partial charge >= 0.3 is 12.2 Å². The zero-order valence-corrected chi connectivity index (χ0v) is 13.4. The fraction of sp³-hybridized carbons (Fsp3) is 0.467. The lowest BCUT2D eigenvalue weighted by atomic mass is 10.1. The van der Waals surface area contributed by atoms with Gasteiger partial charge in [0, 0.05) is 6.54 Å². The van der Waals surface area contributed by atoms with Crippen molar-refractivity contribution in [3.8, 4) is 5.75 Å². The van der Waals surface area contributed by atoms with Crippen LogP contribution in [0.25, 0.3) is 0 Å². The van der Waals surface area contributed by atoms with Gasteiger partial charge in [0.1, 0.15) is 5.75 Å². The molecule has 0 unspecified atom stereocenters. The molecule has 0 saturated carbocycles. The van der Waals surface area contributed by atoms with Gasteiger partial charge in [-0.2, -0.15) is 13.2 Å². The molecular formula is C15H20F3N3O3. The second-order valence-electron chi connectivity index (χ2n) is 4.80. The van der Waals surface area contributed by atoms with E-state index in [9.17, 15) is 22.8 Å². The number of benzene rings is 1. The zero-order chi connectivity index (χ0) is 18.2. The van der Waals surface area contributed by atoms with E-state index in [1.54, 1.807) is 6.92 Å². The van der Waals surface area contributed by atoms with Crippen LogP contribution < -0.4 is 20.7 Å². The first-order valence-corrected chi connectivity index (χ1v) is 7.43. The number of rotatable bonds is 7. The number of hydrogen-bond acceptors (Lipinski definition) is 3. The fourth-order valence-corrected chi connectivity index (χ4v) is 1.78. The number of carbonyl (C=O) groups excluding carboxylic acids is 2. The first kappa shape index (κ1) is 19.6. The van der Waals surface area contributed by atoms with E-state index >= 15 is 0 Å². The lowest BCUT2D eigenvalue weighted by Crippen LogP contribution is -2.39. The molecule has 1 rings (SSSR count). The molecule has 0 fully saturated rings. The van der Waals surface area contributed by atoms with Crippen LogP contribution in [0.3, 0.4) is 0 Å². The van der Waals surface area contributed by atoms with E-state index in [0.29, 0.717) is 6.54 Å². The summed E-state index contributed by atoms with van der Waals surface area (Å²) in [4.78, 5) is 23.0. The first-order chi connectivity index (χ1) is 11.3. The SMILES string of the molecule is CCCNC(=O)CNC(=O)Nc1ccc(OCC)cc1C(F)(F)F. The highest BCUT2D eigenvalue weighted by Gasteiger charge is 2.34. The highest BCUT2D eigenvalue weighted by Crippen LogP contribution is 2.37. The summed E-state index contributed by atoms with van der Waals surface area (Å²) in [6.07, 6.45) is -3.92. The Balaban J connectivity index is 2.75. The number of ether oxygens (including phenoxy) is 1. The van der Waals surface area contributed by atoms with Crippen molar-refractivity contribution in [2.45, 2.75) is 26.4 Å². The highest BCUT2D eigenvalue weighted by atomic mass is 19.4. The van der Waals surface area contributed by atoms with Crippen LogP contribution in [0, 0.1) is 0 Å². The monoisotopic (exact) mass is 347 g/mol. The zero-order valence-electron chi connectivity index (χ0n) is 13.4. The summed E-state index contributed by atoms with van der Waals surface area (Å²) in [5.74, 6) is -0.371. The van der Waals surface area contributed by atoms with E-state index in [0.717, 1.165) is 18.6 Å². The van der Waals surface area contributed by atoms with Gasteiger partial charge in [-0.05, 0) is 31.5 Å². The Labute approximate surface area is 137 Å². The minimum absolute atomic E-state index is 0.0507. The first-order valence-electron chi connectivity index (χ1n) is 7.43. The molecule has 0 bridgehead atoms. The molecule has 1 aromatic rings. The number of hydrogen-bond donors (Lipinski definition) is 3. The van der Waals surface area contributed by atoms with E-state index < -0.39 is 29.4 Å². The van der Waals surface area contributed by atoms with Crippen molar-refractivity contribution in [2.75, 3.05) is 25.0 Å². The van der Waals surface area contributed by atoms with Crippen LogP contribution >= 0.6 is 0 Å². The van der Waals surface area contributed by atoms with Crippen molar-refractivity contribution < 1.29 is 27.5 Å². The number of anilines is 1. The minimum Gasteiger partial charge on any atom is -0.494 e. The molecule has 0 saturated heterocycles. The van der Waals surface area contributed by atoms with Crippen LogP contribution in [-0.2, 0) is 11.0 Å². The molecule has 0 aliphatic heterocycles. The lowest BCUT2D eigenvalue weighted by molar-refractivity contribution is -0.137. The maximum Gasteiger partial charge on any atom is 0.418 e. The van der Waals surface area contributed by atoms with Crippen molar-refractivity contribution in [1.29, 1.82) is 0 Å². The number of urea groups is 1. The van der Waals surface area contributed by atoms with Gasteiger partial charge < -0.3 is 20.7 Å². The summed E-state index contributed by atoms with van der Waals surface area (Å²) in [7, 11) is 0. The molecule has 24 heavy (non-hydrogen) atoms. The van der Waals surface area contributed by atoms with Gasteiger partial charge in [0.25, 0.3) is 0 Å². The van der Waals surface area contributed by atoms with Crippen molar-refractivity contribution in [2.24, 2.45) is 0 Å². The Morgan fingerprint density at radius 3 is 2.46 bits per heavy atom. The predicted molar refractivity (Wildman–Crippen MR) is 82.9 cm³/mol. The molecule has 0 spiro atoms. The maximum atomic E-state index is 13.1. The van der Waals surface area contributed by atoms with Gasteiger partial charge in [-0.25, -0.2) is 4.79 Å². The average molecular weight is 347 g/mol. The van der Waals surface area contributed by atoms with Crippen LogP contribution in [0.5, 0.6) is 5.75 Å². The Morgan fingerprint density at radius 2 is 1.88 bits per heavy atom. The summed E-state index contributed by atoms with van der Waals surface area (Å²) in [6, 6.07) is 2.33. The van der Waals surface area contributed by atoms with Gasteiger partial charge in [-0.3, -0.25) is 4.79 Å². The van der Waals surface area contributed by atoms with E-state index in [4.69, 9.17) is 4.74 Å². The smallest absolute Gasteiger partial charge is 0.418 e. The number of nitrogens with one attached hydrogen (secondary N) is 3. The van der Waals surface area contributed by atoms with Crippen molar-refractivity contribution in [3.63, 3.8) is 0 Å². The normalized spacial score (nSPS) is 10.9. The minimum atomic E-state index is -4.66. The summed E-state index contributed by atoms with van der Waals surface area (Å²) in [5.41, 5.74) is -1.45. The summed E-state index contributed by atoms with van der Waals surface area (Å²) >= 11 is 0. The van der Waals surface area contributed by atoms with Gasteiger partial charge in [0.2, 0.25) is 5.91 Å². The van der Waals surface area contributed by atoms with Gasteiger partial charge in [0.15, 0.2) is 0 Å². The van der Waals surface area contributed by atoms with Crippen LogP contribution in [-0.4, -0.2) is 31.6 Å². The van der Waals surface area contributed by atoms with Gasteiger partial charge in [-0.1, -0.05) is 6.92 Å². The molecule has 1 aromatic carbocycles. The molecule has 6 nitrogen and oxygen atoms in total. The van der Waals surface area contributed by atoms with Crippen molar-refractivity contribution in [1.82, 2.24) is 10.6 Å². The number of alkyl halides is 3. The number of carbonyl (C=O) groups is 2. The largest absolute Gasteiger partial charge is 0.494 e. The predicted octanol–water partition coefficient (Wildman–Crippen LogP) is 2.75. The Kier molecular flexibility index (Phi) is 7.34. The second-order valence-corrected chi connectivity index (χ2v) is 4.80. The topological polar surface area (TPSA) is 79.5 Å². The number of halogens is 3. The Bertz CT molecular complexity index is 577. The van der Waals surface area contributed by atoms with Gasteiger partial charge in [0.05, 0.1) is 24.4 Å². The molecule has 134 valence electrons. The summed E-state index contributed by atoms with van der Waals surface area (Å²) < 4.78 is 44.3. The highest BCUT2D eigenvalue weighted by molar-refractivity contribution is 5.93. The van der Waals surface area contributed by atoms with Crippen molar-refractivity contribution >= 4 is 17.6 Å². The van der Waals surface area contributed by atoms with Gasteiger partial charge in [-0.15, -0.1) is 0 Å². The standard InChI is InChI=1S/C15H20F3N3O3/c1-3-7-19-13(22)9-20-14(23)21-12-6-5-10(24-4-2)8-11(12)15(16,17)18/h5-6,8H,3-4,7,9H2,1-2H3,(H,19,22)(H2,20,21,23). The van der Waals surface area contributed by atoms with Crippen LogP contribution in [0.4, 0.5) is 23.7 Å². The molecule has 0 aliphatic carbocycles. The quantitative estimate of drug-likeness (QED) is 0.710. The van der Waals surface area contributed by atoms with Crippen LogP contribution in [0.15, 0.2) is 18.2 Å². The molecule has 0 heterocycles. The maximum absolute atomic E-state index is 13.1. The molecule has 3 amide bonds. The summed E-state index contributed by atoms with van der Waals surface area (Å²) in [5, 5.41) is 6.82. The lowest BCUT2D eigenvalue weighted by Gasteiger charge is -2.15. The van der Waals surface area contributed by atoms with E-state index in [2.05, 4.69) is 16.0 Å². The Morgan fingerprint density at radius 1 is 1.17 bits per heavy atom. The van der Waals surface area contributed by atoms with E-state index in [1.165, 1.54) is 6.07 Å². The fourth-order valence-electron chi connectivity index (χ4n) is 1.78. The van der Waals surface area contributed by atoms with Crippen LogP contribution in [0.1, 0.15) is 25.8 Å². The molecule has 3 N–H and O–H groups in total. The van der Waals surface area contributed by atoms with Crippen molar-refractivity contribution in [3.05, 3.63) is 23.8 Å². The summed E-state index contributed by atoms with van der Waals surface area (Å²) in [6.45, 7) is 3.86. The third-order valence-electron chi connectivity index (χ3n) is 2.84. The third kappa shape index (κ3) is 6.35. The molecule has 0 aromatic heterocycles. The number of amides is 3. The second kappa shape index (κ2) is 8.99. The van der Waals surface area contributed by atoms with E-state index in [-0.39, 0.29) is 18.9 Å². The molecule has 9 heteroatoms.